The van der Waals surface area contributed by atoms with Gasteiger partial charge in [0.2, 0.25) is 11.8 Å². The Labute approximate surface area is 141 Å². The minimum absolute atomic E-state index is 0.0855. The van der Waals surface area contributed by atoms with E-state index >= 15 is 0 Å². The summed E-state index contributed by atoms with van der Waals surface area (Å²) in [5.41, 5.74) is 3.62. The highest BCUT2D eigenvalue weighted by Crippen LogP contribution is 2.24. The van der Waals surface area contributed by atoms with Crippen molar-refractivity contribution in [2.45, 2.75) is 20.8 Å². The molecule has 0 aliphatic heterocycles. The molecule has 0 atom stereocenters. The molecule has 24 heavy (non-hydrogen) atoms. The second-order valence-corrected chi connectivity index (χ2v) is 5.59. The molecule has 2 aromatic carbocycles. The van der Waals surface area contributed by atoms with Crippen molar-refractivity contribution in [3.8, 4) is 6.07 Å². The number of rotatable bonds is 4. The van der Waals surface area contributed by atoms with Crippen LogP contribution in [0.1, 0.15) is 23.6 Å². The molecule has 0 aliphatic carbocycles. The Balaban J connectivity index is 2.21. The van der Waals surface area contributed by atoms with E-state index in [1.165, 1.54) is 11.8 Å². The molecule has 2 amide bonds. The number of anilines is 2. The molecule has 0 aromatic heterocycles. The van der Waals surface area contributed by atoms with Gasteiger partial charge in [-0.15, -0.1) is 0 Å². The fourth-order valence-electron chi connectivity index (χ4n) is 2.59. The van der Waals surface area contributed by atoms with Gasteiger partial charge >= 0.3 is 0 Å². The van der Waals surface area contributed by atoms with Crippen molar-refractivity contribution in [1.29, 1.82) is 5.26 Å². The summed E-state index contributed by atoms with van der Waals surface area (Å²) < 4.78 is 0. The van der Waals surface area contributed by atoms with Crippen molar-refractivity contribution in [2.24, 2.45) is 0 Å². The van der Waals surface area contributed by atoms with Crippen LogP contribution in [-0.4, -0.2) is 18.4 Å². The van der Waals surface area contributed by atoms with Crippen LogP contribution >= 0.6 is 0 Å². The molecule has 5 heteroatoms. The van der Waals surface area contributed by atoms with E-state index in [4.69, 9.17) is 5.26 Å². The lowest BCUT2D eigenvalue weighted by molar-refractivity contribution is -0.120. The summed E-state index contributed by atoms with van der Waals surface area (Å²) in [6.07, 6.45) is 0. The van der Waals surface area contributed by atoms with Gasteiger partial charge in [-0.05, 0) is 43.2 Å². The smallest absolute Gasteiger partial charge is 0.244 e. The second kappa shape index (κ2) is 7.42. The van der Waals surface area contributed by atoms with E-state index in [9.17, 15) is 9.59 Å². The highest BCUT2D eigenvalue weighted by atomic mass is 16.2. The van der Waals surface area contributed by atoms with Crippen molar-refractivity contribution in [3.63, 3.8) is 0 Å². The van der Waals surface area contributed by atoms with Gasteiger partial charge in [0.1, 0.15) is 6.54 Å². The minimum Gasteiger partial charge on any atom is -0.324 e. The summed E-state index contributed by atoms with van der Waals surface area (Å²) in [4.78, 5) is 25.8. The van der Waals surface area contributed by atoms with Crippen LogP contribution in [0.4, 0.5) is 11.4 Å². The van der Waals surface area contributed by atoms with Gasteiger partial charge in [-0.1, -0.05) is 24.3 Å². The Morgan fingerprint density at radius 2 is 1.75 bits per heavy atom. The molecule has 0 radical (unpaired) electrons. The monoisotopic (exact) mass is 321 g/mol. The largest absolute Gasteiger partial charge is 0.324 e. The number of benzene rings is 2. The van der Waals surface area contributed by atoms with Crippen molar-refractivity contribution >= 4 is 23.2 Å². The highest BCUT2D eigenvalue weighted by Gasteiger charge is 2.19. The molecule has 0 aliphatic rings. The van der Waals surface area contributed by atoms with Crippen LogP contribution in [0.3, 0.4) is 0 Å². The van der Waals surface area contributed by atoms with Crippen LogP contribution < -0.4 is 10.2 Å². The molecule has 0 fully saturated rings. The van der Waals surface area contributed by atoms with Gasteiger partial charge in [0, 0.05) is 12.6 Å². The summed E-state index contributed by atoms with van der Waals surface area (Å²) in [6.45, 7) is 5.17. The molecule has 0 spiro atoms. The standard InChI is InChI=1S/C19H19N3O2/c1-13-6-4-7-14(2)19(13)22(15(3)23)12-18(24)21-17-9-5-8-16(10-17)11-20/h4-10H,12H2,1-3H3,(H,21,24). The van der Waals surface area contributed by atoms with Gasteiger partial charge < -0.3 is 10.2 Å². The van der Waals surface area contributed by atoms with Crippen molar-refractivity contribution < 1.29 is 9.59 Å². The molecule has 0 saturated carbocycles. The van der Waals surface area contributed by atoms with Crippen LogP contribution in [-0.2, 0) is 9.59 Å². The van der Waals surface area contributed by atoms with Crippen LogP contribution in [0.15, 0.2) is 42.5 Å². The van der Waals surface area contributed by atoms with Crippen LogP contribution in [0.25, 0.3) is 0 Å². The number of nitrogens with one attached hydrogen (secondary N) is 1. The number of para-hydroxylation sites is 1. The zero-order valence-corrected chi connectivity index (χ0v) is 14.0. The Bertz CT molecular complexity index is 801. The van der Waals surface area contributed by atoms with Crippen LogP contribution in [0, 0.1) is 25.2 Å². The molecule has 0 saturated heterocycles. The number of amides is 2. The minimum atomic E-state index is -0.317. The molecule has 0 unspecified atom stereocenters. The summed E-state index contributed by atoms with van der Waals surface area (Å²) in [5.74, 6) is -0.517. The fourth-order valence-corrected chi connectivity index (χ4v) is 2.59. The lowest BCUT2D eigenvalue weighted by Crippen LogP contribution is -2.37. The number of nitriles is 1. The van der Waals surface area contributed by atoms with Gasteiger partial charge in [0.05, 0.1) is 17.3 Å². The summed E-state index contributed by atoms with van der Waals surface area (Å²) in [7, 11) is 0. The molecule has 0 heterocycles. The third kappa shape index (κ3) is 3.99. The van der Waals surface area contributed by atoms with Gasteiger partial charge in [-0.25, -0.2) is 0 Å². The van der Waals surface area contributed by atoms with Gasteiger partial charge in [-0.3, -0.25) is 9.59 Å². The summed E-state index contributed by atoms with van der Waals surface area (Å²) >= 11 is 0. The molecule has 5 nitrogen and oxygen atoms in total. The lowest BCUT2D eigenvalue weighted by Gasteiger charge is -2.24. The third-order valence-electron chi connectivity index (χ3n) is 3.67. The third-order valence-corrected chi connectivity index (χ3v) is 3.67. The number of aryl methyl sites for hydroxylation is 2. The molecule has 122 valence electrons. The van der Waals surface area contributed by atoms with Crippen LogP contribution in [0.5, 0.6) is 0 Å². The van der Waals surface area contributed by atoms with Crippen LogP contribution in [0.2, 0.25) is 0 Å². The maximum Gasteiger partial charge on any atom is 0.244 e. The first-order valence-electron chi connectivity index (χ1n) is 7.56. The van der Waals surface area contributed by atoms with E-state index in [2.05, 4.69) is 5.32 Å². The van der Waals surface area contributed by atoms with E-state index in [0.29, 0.717) is 11.3 Å². The number of carbonyl (C=O) groups is 2. The Morgan fingerprint density at radius 3 is 2.33 bits per heavy atom. The maximum absolute atomic E-state index is 12.3. The molecular weight excluding hydrogens is 302 g/mol. The number of hydrogen-bond acceptors (Lipinski definition) is 3. The number of carbonyl (C=O) groups excluding carboxylic acids is 2. The first kappa shape index (κ1) is 17.2. The summed E-state index contributed by atoms with van der Waals surface area (Å²) in [5, 5.41) is 11.6. The Hall–Kier alpha value is -3.13. The maximum atomic E-state index is 12.3. The number of nitrogens with zero attached hydrogens (tertiary/aromatic N) is 2. The van der Waals surface area contributed by atoms with Crippen molar-refractivity contribution in [2.75, 3.05) is 16.8 Å². The molecule has 0 bridgehead atoms. The first-order valence-corrected chi connectivity index (χ1v) is 7.56. The van der Waals surface area contributed by atoms with E-state index in [1.54, 1.807) is 24.3 Å². The topological polar surface area (TPSA) is 73.2 Å². The predicted octanol–water partition coefficient (Wildman–Crippen LogP) is 3.17. The van der Waals surface area contributed by atoms with E-state index < -0.39 is 0 Å². The Morgan fingerprint density at radius 1 is 1.12 bits per heavy atom. The van der Waals surface area contributed by atoms with Gasteiger partial charge in [-0.2, -0.15) is 5.26 Å². The molecular formula is C19H19N3O2. The SMILES string of the molecule is CC(=O)N(CC(=O)Nc1cccc(C#N)c1)c1c(C)cccc1C. The van der Waals surface area contributed by atoms with E-state index in [-0.39, 0.29) is 18.4 Å². The molecule has 1 N–H and O–H groups in total. The quantitative estimate of drug-likeness (QED) is 0.940. The van der Waals surface area contributed by atoms with Crippen molar-refractivity contribution in [3.05, 3.63) is 59.2 Å². The van der Waals surface area contributed by atoms with E-state index in [1.807, 2.05) is 38.1 Å². The molecule has 2 aromatic rings. The fraction of sp³-hybridized carbons (Fsp3) is 0.211. The second-order valence-electron chi connectivity index (χ2n) is 5.59. The predicted molar refractivity (Wildman–Crippen MR) is 93.7 cm³/mol. The zero-order valence-electron chi connectivity index (χ0n) is 14.0. The zero-order chi connectivity index (χ0) is 17.7. The van der Waals surface area contributed by atoms with Gasteiger partial charge in [0.15, 0.2) is 0 Å². The lowest BCUT2D eigenvalue weighted by atomic mass is 10.1. The van der Waals surface area contributed by atoms with E-state index in [0.717, 1.165) is 16.8 Å². The average Bonchev–Trinajstić information content (AvgIpc) is 2.53. The average molecular weight is 321 g/mol. The normalized spacial score (nSPS) is 9.92. The number of hydrogen-bond donors (Lipinski definition) is 1. The summed E-state index contributed by atoms with van der Waals surface area (Å²) in [6, 6.07) is 14.4. The first-order chi connectivity index (χ1) is 11.4. The Kier molecular flexibility index (Phi) is 5.33. The van der Waals surface area contributed by atoms with Gasteiger partial charge in [0.25, 0.3) is 0 Å². The molecule has 2 rings (SSSR count). The van der Waals surface area contributed by atoms with Crippen molar-refractivity contribution in [1.82, 2.24) is 0 Å². The highest BCUT2D eigenvalue weighted by molar-refractivity contribution is 6.02.